The minimum Gasteiger partial charge on any atom is -0.455 e. The fourth-order valence-corrected chi connectivity index (χ4v) is 1.79. The summed E-state index contributed by atoms with van der Waals surface area (Å²) in [6, 6.07) is 17.2. The summed E-state index contributed by atoms with van der Waals surface area (Å²) in [5.74, 6) is 1.47. The van der Waals surface area contributed by atoms with E-state index < -0.39 is 5.41 Å². The SMILES string of the molecule is CC(CO)(CO)CNc1ccccc1Oc1ccccc1. The lowest BCUT2D eigenvalue weighted by Gasteiger charge is -2.26. The van der Waals surface area contributed by atoms with Crippen LogP contribution in [0.2, 0.25) is 0 Å². The first-order valence-electron chi connectivity index (χ1n) is 6.94. The highest BCUT2D eigenvalue weighted by molar-refractivity contribution is 5.57. The number of hydrogen-bond donors (Lipinski definition) is 3. The Hall–Kier alpha value is -2.04. The molecule has 0 atom stereocenters. The minimum absolute atomic E-state index is 0.0851. The fraction of sp³-hybridized carbons (Fsp3) is 0.294. The molecular formula is C17H21NO3. The summed E-state index contributed by atoms with van der Waals surface area (Å²) in [5.41, 5.74) is 0.259. The summed E-state index contributed by atoms with van der Waals surface area (Å²) < 4.78 is 5.85. The van der Waals surface area contributed by atoms with Crippen LogP contribution in [0, 0.1) is 5.41 Å². The van der Waals surface area contributed by atoms with Crippen molar-refractivity contribution in [2.45, 2.75) is 6.92 Å². The summed E-state index contributed by atoms with van der Waals surface area (Å²) in [6.07, 6.45) is 0. The monoisotopic (exact) mass is 287 g/mol. The molecule has 112 valence electrons. The van der Waals surface area contributed by atoms with Gasteiger partial charge in [0.15, 0.2) is 5.75 Å². The molecule has 0 radical (unpaired) electrons. The third-order valence-corrected chi connectivity index (χ3v) is 3.33. The van der Waals surface area contributed by atoms with Crippen LogP contribution < -0.4 is 10.1 Å². The Morgan fingerprint density at radius 1 is 0.952 bits per heavy atom. The third-order valence-electron chi connectivity index (χ3n) is 3.33. The molecule has 2 aromatic carbocycles. The second kappa shape index (κ2) is 7.11. The van der Waals surface area contributed by atoms with Gasteiger partial charge in [0, 0.05) is 12.0 Å². The fourth-order valence-electron chi connectivity index (χ4n) is 1.79. The molecule has 4 heteroatoms. The van der Waals surface area contributed by atoms with Crippen molar-refractivity contribution in [3.63, 3.8) is 0 Å². The molecule has 21 heavy (non-hydrogen) atoms. The van der Waals surface area contributed by atoms with Crippen LogP contribution in [-0.2, 0) is 0 Å². The van der Waals surface area contributed by atoms with Gasteiger partial charge in [-0.25, -0.2) is 0 Å². The number of aliphatic hydroxyl groups excluding tert-OH is 2. The topological polar surface area (TPSA) is 61.7 Å². The van der Waals surface area contributed by atoms with Crippen molar-refractivity contribution >= 4 is 5.69 Å². The summed E-state index contributed by atoms with van der Waals surface area (Å²) >= 11 is 0. The van der Waals surface area contributed by atoms with E-state index in [1.807, 2.05) is 61.5 Å². The maximum absolute atomic E-state index is 9.34. The van der Waals surface area contributed by atoms with Crippen LogP contribution in [0.3, 0.4) is 0 Å². The zero-order chi connectivity index (χ0) is 15.1. The number of para-hydroxylation sites is 3. The van der Waals surface area contributed by atoms with Gasteiger partial charge in [-0.3, -0.25) is 0 Å². The number of rotatable bonds is 7. The quantitative estimate of drug-likeness (QED) is 0.733. The number of ether oxygens (including phenoxy) is 1. The average Bonchev–Trinajstić information content (AvgIpc) is 2.55. The van der Waals surface area contributed by atoms with Crippen LogP contribution in [0.1, 0.15) is 6.92 Å². The van der Waals surface area contributed by atoms with Gasteiger partial charge in [-0.1, -0.05) is 37.3 Å². The third kappa shape index (κ3) is 4.21. The smallest absolute Gasteiger partial charge is 0.150 e. The number of aliphatic hydroxyl groups is 2. The van der Waals surface area contributed by atoms with E-state index in [0.29, 0.717) is 12.3 Å². The lowest BCUT2D eigenvalue weighted by molar-refractivity contribution is 0.0806. The highest BCUT2D eigenvalue weighted by Gasteiger charge is 2.22. The van der Waals surface area contributed by atoms with Crippen molar-refractivity contribution in [3.8, 4) is 11.5 Å². The molecule has 0 unspecified atom stereocenters. The van der Waals surface area contributed by atoms with Gasteiger partial charge < -0.3 is 20.3 Å². The summed E-state index contributed by atoms with van der Waals surface area (Å²) in [6.45, 7) is 2.10. The van der Waals surface area contributed by atoms with Gasteiger partial charge in [0.1, 0.15) is 5.75 Å². The van der Waals surface area contributed by atoms with E-state index in [9.17, 15) is 10.2 Å². The van der Waals surface area contributed by atoms with Crippen molar-refractivity contribution in [3.05, 3.63) is 54.6 Å². The Morgan fingerprint density at radius 2 is 1.57 bits per heavy atom. The molecule has 2 aromatic rings. The van der Waals surface area contributed by atoms with Gasteiger partial charge in [-0.15, -0.1) is 0 Å². The van der Waals surface area contributed by atoms with Gasteiger partial charge in [0.2, 0.25) is 0 Å². The molecule has 0 heterocycles. The molecule has 0 saturated heterocycles. The highest BCUT2D eigenvalue weighted by Crippen LogP contribution is 2.30. The van der Waals surface area contributed by atoms with E-state index in [1.165, 1.54) is 0 Å². The molecule has 2 rings (SSSR count). The number of benzene rings is 2. The predicted octanol–water partition coefficient (Wildman–Crippen LogP) is 2.88. The van der Waals surface area contributed by atoms with Crippen LogP contribution >= 0.6 is 0 Å². The van der Waals surface area contributed by atoms with Crippen LogP contribution in [0.15, 0.2) is 54.6 Å². The van der Waals surface area contributed by atoms with E-state index in [2.05, 4.69) is 5.32 Å². The van der Waals surface area contributed by atoms with Crippen LogP contribution in [-0.4, -0.2) is 30.0 Å². The second-order valence-electron chi connectivity index (χ2n) is 5.39. The average molecular weight is 287 g/mol. The molecule has 0 fully saturated rings. The normalized spacial score (nSPS) is 11.2. The molecule has 3 N–H and O–H groups in total. The van der Waals surface area contributed by atoms with Gasteiger partial charge in [-0.2, -0.15) is 0 Å². The van der Waals surface area contributed by atoms with Crippen molar-refractivity contribution in [1.29, 1.82) is 0 Å². The van der Waals surface area contributed by atoms with Crippen LogP contribution in [0.5, 0.6) is 11.5 Å². The zero-order valence-electron chi connectivity index (χ0n) is 12.1. The first-order valence-corrected chi connectivity index (χ1v) is 6.94. The zero-order valence-corrected chi connectivity index (χ0v) is 12.1. The van der Waals surface area contributed by atoms with E-state index in [-0.39, 0.29) is 13.2 Å². The highest BCUT2D eigenvalue weighted by atomic mass is 16.5. The predicted molar refractivity (Wildman–Crippen MR) is 83.7 cm³/mol. The standard InChI is InChI=1S/C17H21NO3/c1-17(12-19,13-20)11-18-15-9-5-6-10-16(15)21-14-7-3-2-4-8-14/h2-10,18-20H,11-13H2,1H3. The Kier molecular flexibility index (Phi) is 5.20. The Morgan fingerprint density at radius 3 is 2.24 bits per heavy atom. The van der Waals surface area contributed by atoms with E-state index in [0.717, 1.165) is 11.4 Å². The lowest BCUT2D eigenvalue weighted by Crippen LogP contribution is -2.34. The first-order chi connectivity index (χ1) is 10.2. The minimum atomic E-state index is -0.570. The maximum Gasteiger partial charge on any atom is 0.150 e. The molecule has 0 aliphatic heterocycles. The van der Waals surface area contributed by atoms with Gasteiger partial charge in [0.05, 0.1) is 18.9 Å². The largest absolute Gasteiger partial charge is 0.455 e. The van der Waals surface area contributed by atoms with Gasteiger partial charge >= 0.3 is 0 Å². The van der Waals surface area contributed by atoms with Crippen molar-refractivity contribution < 1.29 is 14.9 Å². The molecule has 0 amide bonds. The lowest BCUT2D eigenvalue weighted by atomic mass is 9.93. The van der Waals surface area contributed by atoms with Crippen molar-refractivity contribution in [2.75, 3.05) is 25.1 Å². The van der Waals surface area contributed by atoms with Crippen LogP contribution in [0.25, 0.3) is 0 Å². The van der Waals surface area contributed by atoms with E-state index >= 15 is 0 Å². The number of nitrogens with one attached hydrogen (secondary N) is 1. The molecule has 0 spiro atoms. The summed E-state index contributed by atoms with van der Waals surface area (Å²) in [5, 5.41) is 21.9. The number of hydrogen-bond acceptors (Lipinski definition) is 4. The second-order valence-corrected chi connectivity index (χ2v) is 5.39. The molecule has 4 nitrogen and oxygen atoms in total. The molecule has 0 aliphatic carbocycles. The first kappa shape index (κ1) is 15.4. The van der Waals surface area contributed by atoms with Crippen molar-refractivity contribution in [1.82, 2.24) is 0 Å². The Bertz CT molecular complexity index is 553. The van der Waals surface area contributed by atoms with E-state index in [4.69, 9.17) is 4.74 Å². The Labute approximate surface area is 125 Å². The van der Waals surface area contributed by atoms with Gasteiger partial charge in [-0.05, 0) is 24.3 Å². The molecule has 0 bridgehead atoms. The van der Waals surface area contributed by atoms with Crippen LogP contribution in [0.4, 0.5) is 5.69 Å². The molecule has 0 aliphatic rings. The number of anilines is 1. The molecule has 0 aromatic heterocycles. The van der Waals surface area contributed by atoms with E-state index in [1.54, 1.807) is 0 Å². The molecule has 0 saturated carbocycles. The van der Waals surface area contributed by atoms with Gasteiger partial charge in [0.25, 0.3) is 0 Å². The molecular weight excluding hydrogens is 266 g/mol. The Balaban J connectivity index is 2.10. The maximum atomic E-state index is 9.34. The summed E-state index contributed by atoms with van der Waals surface area (Å²) in [4.78, 5) is 0. The van der Waals surface area contributed by atoms with Crippen molar-refractivity contribution in [2.24, 2.45) is 5.41 Å². The summed E-state index contributed by atoms with van der Waals surface area (Å²) in [7, 11) is 0.